The molecule has 1 aliphatic rings. The molecule has 0 bridgehead atoms. The number of rotatable bonds is 6. The van der Waals surface area contributed by atoms with Crippen LogP contribution in [0, 0.1) is 13.8 Å². The molecule has 2 aromatic heterocycles. The number of para-hydroxylation sites is 1. The van der Waals surface area contributed by atoms with Crippen molar-refractivity contribution in [3.63, 3.8) is 0 Å². The Kier molecular flexibility index (Phi) is 5.38. The maximum absolute atomic E-state index is 12.8. The number of aryl methyl sites for hydroxylation is 3. The van der Waals surface area contributed by atoms with Crippen molar-refractivity contribution in [2.75, 3.05) is 11.9 Å². The van der Waals surface area contributed by atoms with Crippen LogP contribution in [0.15, 0.2) is 28.8 Å². The summed E-state index contributed by atoms with van der Waals surface area (Å²) < 4.78 is 5.55. The zero-order valence-corrected chi connectivity index (χ0v) is 17.2. The van der Waals surface area contributed by atoms with Crippen LogP contribution < -0.4 is 5.32 Å². The van der Waals surface area contributed by atoms with E-state index in [0.29, 0.717) is 38.2 Å². The molecular formula is C22H27N5O2. The average molecular weight is 393 g/mol. The van der Waals surface area contributed by atoms with Crippen molar-refractivity contribution < 1.29 is 9.32 Å². The van der Waals surface area contributed by atoms with Crippen LogP contribution in [-0.4, -0.2) is 32.7 Å². The number of aromatic amines is 1. The Morgan fingerprint density at radius 3 is 2.90 bits per heavy atom. The molecule has 0 saturated heterocycles. The van der Waals surface area contributed by atoms with Gasteiger partial charge in [0, 0.05) is 30.8 Å². The summed E-state index contributed by atoms with van der Waals surface area (Å²) in [6.07, 6.45) is 2.80. The predicted octanol–water partition coefficient (Wildman–Crippen LogP) is 3.84. The number of aromatic nitrogens is 3. The Hall–Kier alpha value is -3.09. The quantitative estimate of drug-likeness (QED) is 0.664. The normalized spacial score (nSPS) is 13.4. The van der Waals surface area contributed by atoms with Crippen molar-refractivity contribution in [2.45, 2.75) is 53.0 Å². The molecule has 0 fully saturated rings. The minimum absolute atomic E-state index is 0.150. The lowest BCUT2D eigenvalue weighted by Crippen LogP contribution is -2.35. The van der Waals surface area contributed by atoms with Crippen LogP contribution in [0.3, 0.4) is 0 Å². The number of nitrogens with one attached hydrogen (secondary N) is 2. The minimum atomic E-state index is 0.150. The number of nitrogens with zero attached hydrogens (tertiary/aromatic N) is 3. The van der Waals surface area contributed by atoms with Crippen LogP contribution in [0.25, 0.3) is 0 Å². The van der Waals surface area contributed by atoms with E-state index in [9.17, 15) is 4.79 Å². The molecule has 7 heteroatoms. The molecule has 1 aliphatic heterocycles. The summed E-state index contributed by atoms with van der Waals surface area (Å²) in [6, 6.07) is 8.18. The fourth-order valence-corrected chi connectivity index (χ4v) is 3.93. The van der Waals surface area contributed by atoms with E-state index in [1.807, 2.05) is 36.9 Å². The van der Waals surface area contributed by atoms with Gasteiger partial charge in [0.05, 0.1) is 17.8 Å². The van der Waals surface area contributed by atoms with Crippen LogP contribution in [-0.2, 0) is 30.6 Å². The molecule has 0 saturated carbocycles. The largest absolute Gasteiger partial charge is 0.359 e. The van der Waals surface area contributed by atoms with Gasteiger partial charge >= 0.3 is 0 Å². The molecular weight excluding hydrogens is 366 g/mol. The Morgan fingerprint density at radius 1 is 1.31 bits per heavy atom. The Balaban J connectivity index is 1.45. The first-order valence-electron chi connectivity index (χ1n) is 10.2. The Bertz CT molecular complexity index is 1000. The van der Waals surface area contributed by atoms with E-state index < -0.39 is 0 Å². The number of benzene rings is 1. The van der Waals surface area contributed by atoms with E-state index in [2.05, 4.69) is 33.7 Å². The molecule has 29 heavy (non-hydrogen) atoms. The first kappa shape index (κ1) is 19.2. The number of carbonyl (C=O) groups excluding carboxylic acids is 1. The molecule has 1 aromatic carbocycles. The molecule has 3 aromatic rings. The van der Waals surface area contributed by atoms with Crippen LogP contribution in [0.4, 0.5) is 11.5 Å². The van der Waals surface area contributed by atoms with Gasteiger partial charge in [-0.25, -0.2) is 0 Å². The number of hydrogen-bond donors (Lipinski definition) is 2. The van der Waals surface area contributed by atoms with Crippen molar-refractivity contribution in [3.8, 4) is 0 Å². The maximum Gasteiger partial charge on any atom is 0.223 e. The Morgan fingerprint density at radius 2 is 2.14 bits per heavy atom. The first-order chi connectivity index (χ1) is 14.1. The van der Waals surface area contributed by atoms with Gasteiger partial charge < -0.3 is 14.7 Å². The summed E-state index contributed by atoms with van der Waals surface area (Å²) in [4.78, 5) is 14.7. The summed E-state index contributed by atoms with van der Waals surface area (Å²) in [5.74, 6) is 1.73. The van der Waals surface area contributed by atoms with Crippen molar-refractivity contribution in [2.24, 2.45) is 0 Å². The molecule has 1 amide bonds. The standard InChI is InChI=1S/C22H27N5O2/c1-4-16-7-5-6-8-19(16)23-22-18-13-27(12-11-20(18)29-26-22)21(28)10-9-17-14(2)24-25-15(17)3/h5-8H,4,9-13H2,1-3H3,(H,23,26)(H,24,25). The lowest BCUT2D eigenvalue weighted by atomic mass is 10.0. The molecule has 152 valence electrons. The summed E-state index contributed by atoms with van der Waals surface area (Å²) in [6.45, 7) is 7.28. The topological polar surface area (TPSA) is 87.1 Å². The van der Waals surface area contributed by atoms with Crippen molar-refractivity contribution in [1.29, 1.82) is 0 Å². The molecule has 0 unspecified atom stereocenters. The van der Waals surface area contributed by atoms with Gasteiger partial charge in [0.2, 0.25) is 5.91 Å². The average Bonchev–Trinajstić information content (AvgIpc) is 3.29. The molecule has 0 atom stereocenters. The third kappa shape index (κ3) is 3.90. The van der Waals surface area contributed by atoms with E-state index in [4.69, 9.17) is 4.52 Å². The fraction of sp³-hybridized carbons (Fsp3) is 0.409. The van der Waals surface area contributed by atoms with E-state index in [-0.39, 0.29) is 5.91 Å². The lowest BCUT2D eigenvalue weighted by molar-refractivity contribution is -0.132. The van der Waals surface area contributed by atoms with Gasteiger partial charge in [0.1, 0.15) is 5.76 Å². The number of anilines is 2. The SMILES string of the molecule is CCc1ccccc1Nc1noc2c1CN(C(=O)CCc1c(C)n[nH]c1C)CC2. The van der Waals surface area contributed by atoms with E-state index in [0.717, 1.165) is 40.4 Å². The van der Waals surface area contributed by atoms with Crippen molar-refractivity contribution in [1.82, 2.24) is 20.3 Å². The number of amides is 1. The lowest BCUT2D eigenvalue weighted by Gasteiger charge is -2.26. The highest BCUT2D eigenvalue weighted by Crippen LogP contribution is 2.30. The highest BCUT2D eigenvalue weighted by molar-refractivity contribution is 5.77. The molecule has 0 aliphatic carbocycles. The van der Waals surface area contributed by atoms with Crippen LogP contribution in [0.1, 0.15) is 47.2 Å². The highest BCUT2D eigenvalue weighted by Gasteiger charge is 2.27. The number of fused-ring (bicyclic) bond motifs is 1. The van der Waals surface area contributed by atoms with E-state index in [1.54, 1.807) is 0 Å². The monoisotopic (exact) mass is 393 g/mol. The number of H-pyrrole nitrogens is 1. The van der Waals surface area contributed by atoms with Crippen molar-refractivity contribution in [3.05, 3.63) is 58.1 Å². The summed E-state index contributed by atoms with van der Waals surface area (Å²) >= 11 is 0. The first-order valence-corrected chi connectivity index (χ1v) is 10.2. The summed E-state index contributed by atoms with van der Waals surface area (Å²) in [5, 5.41) is 14.8. The fourth-order valence-electron chi connectivity index (χ4n) is 3.93. The summed E-state index contributed by atoms with van der Waals surface area (Å²) in [7, 11) is 0. The summed E-state index contributed by atoms with van der Waals surface area (Å²) in [5.41, 5.74) is 6.37. The highest BCUT2D eigenvalue weighted by atomic mass is 16.5. The predicted molar refractivity (Wildman–Crippen MR) is 111 cm³/mol. The van der Waals surface area contributed by atoms with Gasteiger partial charge in [-0.1, -0.05) is 30.3 Å². The van der Waals surface area contributed by atoms with Gasteiger partial charge in [-0.15, -0.1) is 0 Å². The third-order valence-electron chi connectivity index (χ3n) is 5.70. The zero-order chi connectivity index (χ0) is 20.4. The molecule has 7 nitrogen and oxygen atoms in total. The molecule has 3 heterocycles. The minimum Gasteiger partial charge on any atom is -0.359 e. The molecule has 0 radical (unpaired) electrons. The van der Waals surface area contributed by atoms with Crippen molar-refractivity contribution >= 4 is 17.4 Å². The van der Waals surface area contributed by atoms with Gasteiger partial charge in [-0.05, 0) is 43.9 Å². The van der Waals surface area contributed by atoms with Gasteiger partial charge in [0.25, 0.3) is 0 Å². The second-order valence-corrected chi connectivity index (χ2v) is 7.55. The van der Waals surface area contributed by atoms with Gasteiger partial charge in [-0.3, -0.25) is 9.89 Å². The van der Waals surface area contributed by atoms with Gasteiger partial charge in [0.15, 0.2) is 5.82 Å². The number of hydrogen-bond acceptors (Lipinski definition) is 5. The second-order valence-electron chi connectivity index (χ2n) is 7.55. The van der Waals surface area contributed by atoms with Crippen LogP contribution in [0.5, 0.6) is 0 Å². The van der Waals surface area contributed by atoms with Crippen LogP contribution in [0.2, 0.25) is 0 Å². The smallest absolute Gasteiger partial charge is 0.223 e. The van der Waals surface area contributed by atoms with Crippen LogP contribution >= 0.6 is 0 Å². The maximum atomic E-state index is 12.8. The second kappa shape index (κ2) is 8.11. The van der Waals surface area contributed by atoms with Gasteiger partial charge in [-0.2, -0.15) is 5.10 Å². The number of carbonyl (C=O) groups is 1. The molecule has 2 N–H and O–H groups in total. The van der Waals surface area contributed by atoms with E-state index in [1.165, 1.54) is 5.56 Å². The molecule has 0 spiro atoms. The Labute approximate surface area is 170 Å². The third-order valence-corrected chi connectivity index (χ3v) is 5.70. The zero-order valence-electron chi connectivity index (χ0n) is 17.2. The molecule has 4 rings (SSSR count). The van der Waals surface area contributed by atoms with E-state index >= 15 is 0 Å².